The second-order valence-corrected chi connectivity index (χ2v) is 3.81. The van der Waals surface area contributed by atoms with Gasteiger partial charge in [0.15, 0.2) is 11.6 Å². The van der Waals surface area contributed by atoms with Gasteiger partial charge in [0.2, 0.25) is 0 Å². The molecule has 0 bridgehead atoms. The molecule has 1 unspecified atom stereocenters. The summed E-state index contributed by atoms with van der Waals surface area (Å²) in [5.41, 5.74) is 0.313. The third-order valence-corrected chi connectivity index (χ3v) is 2.45. The molecular weight excluding hydrogens is 256 g/mol. The molecule has 1 aromatic rings. The van der Waals surface area contributed by atoms with Crippen molar-refractivity contribution in [2.45, 2.75) is 13.0 Å². The van der Waals surface area contributed by atoms with E-state index in [-0.39, 0.29) is 6.61 Å². The van der Waals surface area contributed by atoms with Crippen molar-refractivity contribution in [1.82, 2.24) is 5.32 Å². The summed E-state index contributed by atoms with van der Waals surface area (Å²) in [7, 11) is 1.53. The molecule has 0 saturated carbocycles. The second-order valence-electron chi connectivity index (χ2n) is 3.81. The summed E-state index contributed by atoms with van der Waals surface area (Å²) >= 11 is 0. The summed E-state index contributed by atoms with van der Waals surface area (Å²) < 4.78 is 35.8. The number of carbonyl (C=O) groups is 1. The Hall–Kier alpha value is -1.53. The molecule has 19 heavy (non-hydrogen) atoms. The quantitative estimate of drug-likeness (QED) is 0.608. The van der Waals surface area contributed by atoms with Crippen molar-refractivity contribution >= 4 is 5.97 Å². The zero-order valence-corrected chi connectivity index (χ0v) is 10.9. The van der Waals surface area contributed by atoms with E-state index < -0.39 is 23.6 Å². The number of esters is 1. The van der Waals surface area contributed by atoms with Crippen LogP contribution in [0.25, 0.3) is 0 Å². The first-order valence-corrected chi connectivity index (χ1v) is 5.94. The Morgan fingerprint density at radius 1 is 1.37 bits per heavy atom. The molecule has 0 spiro atoms. The van der Waals surface area contributed by atoms with E-state index in [2.05, 4.69) is 5.32 Å². The lowest BCUT2D eigenvalue weighted by Gasteiger charge is -2.17. The first kappa shape index (κ1) is 15.5. The Balaban J connectivity index is 2.87. The van der Waals surface area contributed by atoms with Gasteiger partial charge in [-0.15, -0.1) is 0 Å². The van der Waals surface area contributed by atoms with Crippen LogP contribution in [-0.2, 0) is 14.3 Å². The van der Waals surface area contributed by atoms with Crippen molar-refractivity contribution in [2.24, 2.45) is 0 Å². The standard InChI is InChI=1S/C13H17F2NO3/c1-3-19-13(17)12(16-6-7-18-2)9-4-5-10(14)11(15)8-9/h4-5,8,12,16H,3,6-7H2,1-2H3. The Morgan fingerprint density at radius 2 is 2.11 bits per heavy atom. The monoisotopic (exact) mass is 273 g/mol. The Labute approximate surface area is 110 Å². The average molecular weight is 273 g/mol. The van der Waals surface area contributed by atoms with Gasteiger partial charge < -0.3 is 9.47 Å². The predicted molar refractivity (Wildman–Crippen MR) is 65.6 cm³/mol. The number of rotatable bonds is 7. The predicted octanol–water partition coefficient (Wildman–Crippen LogP) is 1.80. The highest BCUT2D eigenvalue weighted by molar-refractivity contribution is 5.77. The number of ether oxygens (including phenoxy) is 2. The van der Waals surface area contributed by atoms with Crippen molar-refractivity contribution in [3.63, 3.8) is 0 Å². The third kappa shape index (κ3) is 4.57. The van der Waals surface area contributed by atoms with Crippen molar-refractivity contribution in [3.05, 3.63) is 35.4 Å². The maximum atomic E-state index is 13.2. The fraction of sp³-hybridized carbons (Fsp3) is 0.462. The van der Waals surface area contributed by atoms with Crippen molar-refractivity contribution in [3.8, 4) is 0 Å². The van der Waals surface area contributed by atoms with Crippen LogP contribution >= 0.6 is 0 Å². The molecule has 0 radical (unpaired) electrons. The van der Waals surface area contributed by atoms with E-state index in [9.17, 15) is 13.6 Å². The highest BCUT2D eigenvalue weighted by Gasteiger charge is 2.22. The number of hydrogen-bond donors (Lipinski definition) is 1. The molecule has 0 heterocycles. The van der Waals surface area contributed by atoms with Gasteiger partial charge in [-0.2, -0.15) is 0 Å². The number of nitrogens with one attached hydrogen (secondary N) is 1. The van der Waals surface area contributed by atoms with Gasteiger partial charge in [0.25, 0.3) is 0 Å². The Bertz CT molecular complexity index is 426. The highest BCUT2D eigenvalue weighted by atomic mass is 19.2. The van der Waals surface area contributed by atoms with Crippen LogP contribution in [0, 0.1) is 11.6 Å². The summed E-state index contributed by atoms with van der Waals surface area (Å²) in [4.78, 5) is 11.8. The van der Waals surface area contributed by atoms with Gasteiger partial charge in [-0.1, -0.05) is 6.07 Å². The molecule has 0 aromatic heterocycles. The fourth-order valence-corrected chi connectivity index (χ4v) is 1.56. The first-order chi connectivity index (χ1) is 9.10. The minimum Gasteiger partial charge on any atom is -0.465 e. The van der Waals surface area contributed by atoms with E-state index in [1.54, 1.807) is 6.92 Å². The van der Waals surface area contributed by atoms with Gasteiger partial charge in [0, 0.05) is 13.7 Å². The molecule has 6 heteroatoms. The van der Waals surface area contributed by atoms with E-state index in [4.69, 9.17) is 9.47 Å². The van der Waals surface area contributed by atoms with E-state index in [0.29, 0.717) is 18.7 Å². The Kier molecular flexibility index (Phi) is 6.38. The smallest absolute Gasteiger partial charge is 0.327 e. The lowest BCUT2D eigenvalue weighted by molar-refractivity contribution is -0.145. The molecule has 4 nitrogen and oxygen atoms in total. The second kappa shape index (κ2) is 7.81. The van der Waals surface area contributed by atoms with Crippen LogP contribution in [0.5, 0.6) is 0 Å². The number of carbonyl (C=O) groups excluding carboxylic acids is 1. The van der Waals surface area contributed by atoms with Gasteiger partial charge in [-0.05, 0) is 24.6 Å². The average Bonchev–Trinajstić information content (AvgIpc) is 2.38. The largest absolute Gasteiger partial charge is 0.465 e. The van der Waals surface area contributed by atoms with E-state index in [0.717, 1.165) is 12.1 Å². The maximum Gasteiger partial charge on any atom is 0.327 e. The Morgan fingerprint density at radius 3 is 2.68 bits per heavy atom. The van der Waals surface area contributed by atoms with Crippen molar-refractivity contribution < 1.29 is 23.0 Å². The third-order valence-electron chi connectivity index (χ3n) is 2.45. The van der Waals surface area contributed by atoms with Crippen LogP contribution in [0.3, 0.4) is 0 Å². The zero-order valence-electron chi connectivity index (χ0n) is 10.9. The van der Waals surface area contributed by atoms with E-state index in [1.807, 2.05) is 0 Å². The molecule has 0 aliphatic heterocycles. The molecule has 0 amide bonds. The van der Waals surface area contributed by atoms with Gasteiger partial charge in [0.05, 0.1) is 13.2 Å². The lowest BCUT2D eigenvalue weighted by atomic mass is 10.1. The highest BCUT2D eigenvalue weighted by Crippen LogP contribution is 2.17. The number of hydrogen-bond acceptors (Lipinski definition) is 4. The van der Waals surface area contributed by atoms with Crippen LogP contribution in [0.2, 0.25) is 0 Å². The summed E-state index contributed by atoms with van der Waals surface area (Å²) in [5, 5.41) is 2.88. The summed E-state index contributed by atoms with van der Waals surface area (Å²) in [6.45, 7) is 2.67. The first-order valence-electron chi connectivity index (χ1n) is 5.94. The molecule has 1 N–H and O–H groups in total. The van der Waals surface area contributed by atoms with E-state index >= 15 is 0 Å². The minimum absolute atomic E-state index is 0.213. The minimum atomic E-state index is -1.000. The van der Waals surface area contributed by atoms with Gasteiger partial charge in [-0.25, -0.2) is 13.6 Å². The van der Waals surface area contributed by atoms with Crippen molar-refractivity contribution in [1.29, 1.82) is 0 Å². The normalized spacial score (nSPS) is 12.2. The molecule has 0 aliphatic carbocycles. The maximum absolute atomic E-state index is 13.2. The van der Waals surface area contributed by atoms with Crippen LogP contribution in [0.1, 0.15) is 18.5 Å². The number of methoxy groups -OCH3 is 1. The summed E-state index contributed by atoms with van der Waals surface area (Å²) in [6, 6.07) is 2.47. The number of halogens is 2. The summed E-state index contributed by atoms with van der Waals surface area (Å²) in [5.74, 6) is -2.49. The van der Waals surface area contributed by atoms with Gasteiger partial charge in [0.1, 0.15) is 6.04 Å². The van der Waals surface area contributed by atoms with Crippen LogP contribution in [0.4, 0.5) is 8.78 Å². The van der Waals surface area contributed by atoms with Crippen LogP contribution in [-0.4, -0.2) is 32.8 Å². The van der Waals surface area contributed by atoms with E-state index in [1.165, 1.54) is 13.2 Å². The number of benzene rings is 1. The molecule has 0 aliphatic rings. The fourth-order valence-electron chi connectivity index (χ4n) is 1.56. The van der Waals surface area contributed by atoms with Crippen LogP contribution < -0.4 is 5.32 Å². The molecule has 0 saturated heterocycles. The zero-order chi connectivity index (χ0) is 14.3. The van der Waals surface area contributed by atoms with Gasteiger partial charge in [-0.3, -0.25) is 5.32 Å². The topological polar surface area (TPSA) is 47.6 Å². The molecule has 1 rings (SSSR count). The van der Waals surface area contributed by atoms with Crippen molar-refractivity contribution in [2.75, 3.05) is 26.9 Å². The molecular formula is C13H17F2NO3. The lowest BCUT2D eigenvalue weighted by Crippen LogP contribution is -2.32. The molecule has 1 aromatic carbocycles. The SMILES string of the molecule is CCOC(=O)C(NCCOC)c1ccc(F)c(F)c1. The van der Waals surface area contributed by atoms with Crippen LogP contribution in [0.15, 0.2) is 18.2 Å². The molecule has 1 atom stereocenters. The molecule has 106 valence electrons. The molecule has 0 fully saturated rings. The van der Waals surface area contributed by atoms with Gasteiger partial charge >= 0.3 is 5.97 Å². The summed E-state index contributed by atoms with van der Waals surface area (Å²) in [6.07, 6.45) is 0.